The Balaban J connectivity index is 1.51. The van der Waals surface area contributed by atoms with Crippen molar-refractivity contribution in [3.63, 3.8) is 0 Å². The summed E-state index contributed by atoms with van der Waals surface area (Å²) in [6, 6.07) is 13.0. The fourth-order valence-electron chi connectivity index (χ4n) is 4.89. The molecule has 8 heteroatoms. The molecule has 0 unspecified atom stereocenters. The average Bonchev–Trinajstić information content (AvgIpc) is 3.40. The summed E-state index contributed by atoms with van der Waals surface area (Å²) < 4.78 is 33.3. The largest absolute Gasteiger partial charge is 0.497 e. The first-order valence-corrected chi connectivity index (χ1v) is 13.6. The monoisotopic (exact) mass is 485 g/mol. The van der Waals surface area contributed by atoms with Crippen LogP contribution in [-0.2, 0) is 10.0 Å². The second-order valence-corrected chi connectivity index (χ2v) is 11.1. The van der Waals surface area contributed by atoms with E-state index in [9.17, 15) is 13.2 Å². The van der Waals surface area contributed by atoms with Gasteiger partial charge in [0.1, 0.15) is 5.75 Å². The molecule has 184 valence electrons. The number of likely N-dealkylation sites (tertiary alicyclic amines) is 1. The number of amides is 1. The molecule has 0 spiro atoms. The molecular weight excluding hydrogens is 450 g/mol. The zero-order valence-electron chi connectivity index (χ0n) is 20.1. The zero-order chi connectivity index (χ0) is 24.1. The van der Waals surface area contributed by atoms with Crippen LogP contribution in [-0.4, -0.2) is 63.4 Å². The number of ether oxygens (including phenoxy) is 1. The minimum absolute atomic E-state index is 0.0550. The van der Waals surface area contributed by atoms with E-state index in [4.69, 9.17) is 4.74 Å². The lowest BCUT2D eigenvalue weighted by Crippen LogP contribution is -2.37. The average molecular weight is 486 g/mol. The van der Waals surface area contributed by atoms with Crippen molar-refractivity contribution in [3.05, 3.63) is 59.2 Å². The SMILES string of the molecule is COc1ccc([C@H](CNC(=O)c2ccc(C)c(S(=O)(=O)N3CCCCC3)c2)N2CCCC2)cc1. The minimum atomic E-state index is -3.61. The summed E-state index contributed by atoms with van der Waals surface area (Å²) in [4.78, 5) is 15.7. The number of sulfonamides is 1. The van der Waals surface area contributed by atoms with Gasteiger partial charge >= 0.3 is 0 Å². The molecule has 0 radical (unpaired) electrons. The lowest BCUT2D eigenvalue weighted by atomic mass is 10.0. The first-order valence-electron chi connectivity index (χ1n) is 12.2. The number of carbonyl (C=O) groups excluding carboxylic acids is 1. The molecule has 2 aliphatic rings. The highest BCUT2D eigenvalue weighted by Gasteiger charge is 2.29. The Morgan fingerprint density at radius 2 is 1.62 bits per heavy atom. The molecule has 1 N–H and O–H groups in total. The van der Waals surface area contributed by atoms with E-state index in [2.05, 4.69) is 10.2 Å². The summed E-state index contributed by atoms with van der Waals surface area (Å²) >= 11 is 0. The highest BCUT2D eigenvalue weighted by molar-refractivity contribution is 7.89. The number of nitrogens with one attached hydrogen (secondary N) is 1. The normalized spacial score (nSPS) is 18.5. The van der Waals surface area contributed by atoms with Crippen molar-refractivity contribution >= 4 is 15.9 Å². The molecule has 34 heavy (non-hydrogen) atoms. The summed E-state index contributed by atoms with van der Waals surface area (Å²) in [5, 5.41) is 3.06. The fraction of sp³-hybridized carbons (Fsp3) is 0.500. The number of carbonyl (C=O) groups is 1. The first-order chi connectivity index (χ1) is 16.4. The molecule has 2 aromatic rings. The zero-order valence-corrected chi connectivity index (χ0v) is 20.9. The van der Waals surface area contributed by atoms with E-state index in [1.54, 1.807) is 30.5 Å². The van der Waals surface area contributed by atoms with E-state index in [0.717, 1.165) is 56.5 Å². The van der Waals surface area contributed by atoms with Crippen molar-refractivity contribution in [2.24, 2.45) is 0 Å². The molecule has 0 aliphatic carbocycles. The maximum absolute atomic E-state index is 13.2. The molecule has 0 saturated carbocycles. The first kappa shape index (κ1) is 24.7. The Labute approximate surface area is 203 Å². The quantitative estimate of drug-likeness (QED) is 0.616. The highest BCUT2D eigenvalue weighted by Crippen LogP contribution is 2.27. The van der Waals surface area contributed by atoms with Crippen molar-refractivity contribution in [1.82, 2.24) is 14.5 Å². The maximum Gasteiger partial charge on any atom is 0.251 e. The lowest BCUT2D eigenvalue weighted by molar-refractivity contribution is 0.0937. The molecule has 2 saturated heterocycles. The number of nitrogens with zero attached hydrogens (tertiary/aromatic N) is 2. The molecule has 2 fully saturated rings. The molecule has 1 atom stereocenters. The molecule has 2 aliphatic heterocycles. The number of rotatable bonds is 8. The third-order valence-electron chi connectivity index (χ3n) is 6.92. The van der Waals surface area contributed by atoms with E-state index in [1.807, 2.05) is 24.3 Å². The summed E-state index contributed by atoms with van der Waals surface area (Å²) in [6.07, 6.45) is 5.11. The number of aryl methyl sites for hydroxylation is 1. The van der Waals surface area contributed by atoms with Gasteiger partial charge in [-0.1, -0.05) is 24.6 Å². The van der Waals surface area contributed by atoms with E-state index in [-0.39, 0.29) is 16.8 Å². The molecule has 4 rings (SSSR count). The summed E-state index contributed by atoms with van der Waals surface area (Å²) in [5.41, 5.74) is 2.16. The molecule has 2 aromatic carbocycles. The van der Waals surface area contributed by atoms with E-state index >= 15 is 0 Å². The van der Waals surface area contributed by atoms with Gasteiger partial charge in [0.15, 0.2) is 0 Å². The van der Waals surface area contributed by atoms with Crippen LogP contribution in [0.2, 0.25) is 0 Å². The summed E-state index contributed by atoms with van der Waals surface area (Å²) in [5.74, 6) is 0.544. The van der Waals surface area contributed by atoms with E-state index in [1.165, 1.54) is 6.07 Å². The number of hydrogen-bond acceptors (Lipinski definition) is 5. The summed E-state index contributed by atoms with van der Waals surface area (Å²) in [6.45, 7) is 5.30. The number of piperidine rings is 1. The minimum Gasteiger partial charge on any atom is -0.497 e. The van der Waals surface area contributed by atoms with Gasteiger partial charge < -0.3 is 10.1 Å². The van der Waals surface area contributed by atoms with Gasteiger partial charge in [0, 0.05) is 25.2 Å². The highest BCUT2D eigenvalue weighted by atomic mass is 32.2. The van der Waals surface area contributed by atoms with Crippen LogP contribution in [0, 0.1) is 6.92 Å². The number of benzene rings is 2. The van der Waals surface area contributed by atoms with Crippen LogP contribution in [0.1, 0.15) is 59.6 Å². The molecule has 2 heterocycles. The van der Waals surface area contributed by atoms with Crippen LogP contribution >= 0.6 is 0 Å². The maximum atomic E-state index is 13.2. The van der Waals surface area contributed by atoms with Crippen molar-refractivity contribution < 1.29 is 17.9 Å². The van der Waals surface area contributed by atoms with Gasteiger partial charge in [0.25, 0.3) is 5.91 Å². The second kappa shape index (κ2) is 10.9. The third kappa shape index (κ3) is 5.45. The third-order valence-corrected chi connectivity index (χ3v) is 8.96. The van der Waals surface area contributed by atoms with Gasteiger partial charge in [-0.25, -0.2) is 8.42 Å². The van der Waals surface area contributed by atoms with Crippen LogP contribution in [0.15, 0.2) is 47.4 Å². The summed E-state index contributed by atoms with van der Waals surface area (Å²) in [7, 11) is -1.96. The molecular formula is C26H35N3O4S. The Morgan fingerprint density at radius 3 is 2.26 bits per heavy atom. The van der Waals surface area contributed by atoms with Crippen LogP contribution in [0.5, 0.6) is 5.75 Å². The van der Waals surface area contributed by atoms with E-state index in [0.29, 0.717) is 30.8 Å². The predicted molar refractivity (Wildman–Crippen MR) is 133 cm³/mol. The van der Waals surface area contributed by atoms with Gasteiger partial charge in [-0.3, -0.25) is 9.69 Å². The Hall–Kier alpha value is -2.42. The van der Waals surface area contributed by atoms with E-state index < -0.39 is 10.0 Å². The van der Waals surface area contributed by atoms with Gasteiger partial charge in [0.2, 0.25) is 10.0 Å². The van der Waals surface area contributed by atoms with Gasteiger partial charge in [-0.05, 0) is 81.1 Å². The van der Waals surface area contributed by atoms with Crippen LogP contribution in [0.3, 0.4) is 0 Å². The van der Waals surface area contributed by atoms with Crippen LogP contribution in [0.25, 0.3) is 0 Å². The van der Waals surface area contributed by atoms with Gasteiger partial charge in [-0.15, -0.1) is 0 Å². The molecule has 0 aromatic heterocycles. The molecule has 1 amide bonds. The number of hydrogen-bond donors (Lipinski definition) is 1. The topological polar surface area (TPSA) is 78.9 Å². The van der Waals surface area contributed by atoms with Crippen molar-refractivity contribution in [2.45, 2.75) is 50.0 Å². The van der Waals surface area contributed by atoms with Crippen LogP contribution < -0.4 is 10.1 Å². The Bertz CT molecular complexity index is 1090. The number of methoxy groups -OCH3 is 1. The van der Waals surface area contributed by atoms with Gasteiger partial charge in [-0.2, -0.15) is 4.31 Å². The predicted octanol–water partition coefficient (Wildman–Crippen LogP) is 3.75. The Kier molecular flexibility index (Phi) is 7.91. The van der Waals surface area contributed by atoms with Crippen molar-refractivity contribution in [3.8, 4) is 5.75 Å². The Morgan fingerprint density at radius 1 is 0.971 bits per heavy atom. The fourth-order valence-corrected chi connectivity index (χ4v) is 6.66. The molecule has 7 nitrogen and oxygen atoms in total. The second-order valence-electron chi connectivity index (χ2n) is 9.19. The standard InChI is InChI=1S/C26H35N3O4S/c1-20-8-9-22(18-25(20)34(31,32)29-16-4-3-5-17-29)26(30)27-19-24(28-14-6-7-15-28)21-10-12-23(33-2)13-11-21/h8-13,18,24H,3-7,14-17,19H2,1-2H3,(H,27,30)/t24-/m0/s1. The smallest absolute Gasteiger partial charge is 0.251 e. The van der Waals surface area contributed by atoms with Crippen molar-refractivity contribution in [1.29, 1.82) is 0 Å². The molecule has 0 bridgehead atoms. The van der Waals surface area contributed by atoms with Crippen molar-refractivity contribution in [2.75, 3.05) is 39.8 Å². The van der Waals surface area contributed by atoms with Gasteiger partial charge in [0.05, 0.1) is 18.0 Å². The van der Waals surface area contributed by atoms with Crippen LogP contribution in [0.4, 0.5) is 0 Å². The lowest BCUT2D eigenvalue weighted by Gasteiger charge is -2.28.